The second kappa shape index (κ2) is 6.00. The number of fused-ring (bicyclic) bond motifs is 1. The van der Waals surface area contributed by atoms with E-state index in [4.69, 9.17) is 0 Å². The molecule has 2 aromatic heterocycles. The molecule has 116 valence electrons. The second-order valence-electron chi connectivity index (χ2n) is 5.32. The van der Waals surface area contributed by atoms with Gasteiger partial charge in [-0.15, -0.1) is 5.10 Å². The molecule has 2 aromatic rings. The lowest BCUT2D eigenvalue weighted by Crippen LogP contribution is -2.24. The standard InChI is InChI=1S/C14H18N6O2/c1-15-14(22)18-11-8-20-12(16-11)7-6-10(19-20)17-13(21)9-4-2-3-5-9/h6-9H,2-5H2,1H3,(H2,15,18,22)(H,17,19,21). The van der Waals surface area contributed by atoms with E-state index in [2.05, 4.69) is 26.0 Å². The number of nitrogens with zero attached hydrogens (tertiary/aromatic N) is 3. The van der Waals surface area contributed by atoms with Crippen LogP contribution < -0.4 is 16.0 Å². The molecule has 2 heterocycles. The molecule has 1 fully saturated rings. The molecule has 1 aliphatic carbocycles. The molecule has 0 aromatic carbocycles. The van der Waals surface area contributed by atoms with E-state index in [-0.39, 0.29) is 17.9 Å². The molecule has 8 nitrogen and oxygen atoms in total. The van der Waals surface area contributed by atoms with Crippen LogP contribution >= 0.6 is 0 Å². The van der Waals surface area contributed by atoms with Crippen molar-refractivity contribution in [3.63, 3.8) is 0 Å². The van der Waals surface area contributed by atoms with Gasteiger partial charge in [0.1, 0.15) is 0 Å². The fourth-order valence-electron chi connectivity index (χ4n) is 2.60. The smallest absolute Gasteiger partial charge is 0.320 e. The van der Waals surface area contributed by atoms with Gasteiger partial charge in [-0.1, -0.05) is 12.8 Å². The topological polar surface area (TPSA) is 100 Å². The lowest BCUT2D eigenvalue weighted by atomic mass is 10.1. The summed E-state index contributed by atoms with van der Waals surface area (Å²) in [5, 5.41) is 12.2. The molecule has 8 heteroatoms. The number of carbonyl (C=O) groups is 2. The average Bonchev–Trinajstić information content (AvgIpc) is 3.15. The van der Waals surface area contributed by atoms with E-state index in [1.807, 2.05) is 0 Å². The first-order chi connectivity index (χ1) is 10.7. The first-order valence-corrected chi connectivity index (χ1v) is 7.32. The third kappa shape index (κ3) is 3.00. The SMILES string of the molecule is CNC(=O)Nc1cn2nc(NC(=O)C3CCCC3)ccc2n1. The van der Waals surface area contributed by atoms with Crippen molar-refractivity contribution in [3.8, 4) is 0 Å². The zero-order valence-electron chi connectivity index (χ0n) is 12.3. The predicted octanol–water partition coefficient (Wildman–Crippen LogP) is 1.61. The van der Waals surface area contributed by atoms with Crippen LogP contribution in [0, 0.1) is 5.92 Å². The molecule has 1 aliphatic rings. The van der Waals surface area contributed by atoms with Crippen molar-refractivity contribution in [2.45, 2.75) is 25.7 Å². The quantitative estimate of drug-likeness (QED) is 0.801. The maximum atomic E-state index is 12.1. The Balaban J connectivity index is 1.74. The highest BCUT2D eigenvalue weighted by Crippen LogP contribution is 2.25. The summed E-state index contributed by atoms with van der Waals surface area (Å²) in [4.78, 5) is 27.6. The summed E-state index contributed by atoms with van der Waals surface area (Å²) in [5.74, 6) is 0.985. The van der Waals surface area contributed by atoms with E-state index < -0.39 is 0 Å². The molecule has 0 unspecified atom stereocenters. The number of hydrogen-bond acceptors (Lipinski definition) is 4. The Hall–Kier alpha value is -2.64. The van der Waals surface area contributed by atoms with Gasteiger partial charge in [0, 0.05) is 13.0 Å². The first-order valence-electron chi connectivity index (χ1n) is 7.32. The lowest BCUT2D eigenvalue weighted by molar-refractivity contribution is -0.119. The van der Waals surface area contributed by atoms with Crippen molar-refractivity contribution >= 4 is 29.2 Å². The van der Waals surface area contributed by atoms with Crippen molar-refractivity contribution in [3.05, 3.63) is 18.3 Å². The van der Waals surface area contributed by atoms with Gasteiger partial charge in [0.25, 0.3) is 0 Å². The molecule has 3 rings (SSSR count). The maximum Gasteiger partial charge on any atom is 0.320 e. The van der Waals surface area contributed by atoms with Gasteiger partial charge in [0.05, 0.1) is 6.20 Å². The number of anilines is 2. The fraction of sp³-hybridized carbons (Fsp3) is 0.429. The molecule has 1 saturated carbocycles. The lowest BCUT2D eigenvalue weighted by Gasteiger charge is -2.09. The van der Waals surface area contributed by atoms with E-state index in [0.717, 1.165) is 25.7 Å². The highest BCUT2D eigenvalue weighted by Gasteiger charge is 2.23. The van der Waals surface area contributed by atoms with Gasteiger partial charge in [-0.05, 0) is 25.0 Å². The third-order valence-electron chi connectivity index (χ3n) is 3.77. The molecular formula is C14H18N6O2. The predicted molar refractivity (Wildman–Crippen MR) is 81.7 cm³/mol. The number of aromatic nitrogens is 3. The van der Waals surface area contributed by atoms with Crippen molar-refractivity contribution < 1.29 is 9.59 Å². The minimum absolute atomic E-state index is 0.0215. The number of urea groups is 1. The Kier molecular flexibility index (Phi) is 3.90. The van der Waals surface area contributed by atoms with Crippen LogP contribution in [0.2, 0.25) is 0 Å². The minimum Gasteiger partial charge on any atom is -0.341 e. The molecule has 22 heavy (non-hydrogen) atoms. The van der Waals surface area contributed by atoms with Crippen LogP contribution in [0.25, 0.3) is 5.65 Å². The zero-order valence-corrected chi connectivity index (χ0v) is 12.3. The monoisotopic (exact) mass is 302 g/mol. The summed E-state index contributed by atoms with van der Waals surface area (Å²) >= 11 is 0. The van der Waals surface area contributed by atoms with E-state index >= 15 is 0 Å². The largest absolute Gasteiger partial charge is 0.341 e. The van der Waals surface area contributed by atoms with Crippen LogP contribution in [0.4, 0.5) is 16.4 Å². The van der Waals surface area contributed by atoms with Gasteiger partial charge in [-0.2, -0.15) is 0 Å². The second-order valence-corrected chi connectivity index (χ2v) is 5.32. The number of hydrogen-bond donors (Lipinski definition) is 3. The summed E-state index contributed by atoms with van der Waals surface area (Å²) in [7, 11) is 1.53. The zero-order chi connectivity index (χ0) is 15.5. The van der Waals surface area contributed by atoms with Crippen molar-refractivity contribution in [1.29, 1.82) is 0 Å². The summed E-state index contributed by atoms with van der Waals surface area (Å²) in [5.41, 5.74) is 0.588. The van der Waals surface area contributed by atoms with E-state index in [1.54, 1.807) is 18.3 Å². The van der Waals surface area contributed by atoms with Gasteiger partial charge in [0.2, 0.25) is 5.91 Å². The van der Waals surface area contributed by atoms with Gasteiger partial charge >= 0.3 is 6.03 Å². The number of nitrogens with one attached hydrogen (secondary N) is 3. The molecule has 0 saturated heterocycles. The molecule has 0 radical (unpaired) electrons. The minimum atomic E-state index is -0.349. The molecule has 0 aliphatic heterocycles. The van der Waals surface area contributed by atoms with Crippen LogP contribution in [0.15, 0.2) is 18.3 Å². The highest BCUT2D eigenvalue weighted by atomic mass is 16.2. The molecule has 0 atom stereocenters. The van der Waals surface area contributed by atoms with Crippen molar-refractivity contribution in [1.82, 2.24) is 19.9 Å². The average molecular weight is 302 g/mol. The van der Waals surface area contributed by atoms with Crippen molar-refractivity contribution in [2.24, 2.45) is 5.92 Å². The molecule has 3 N–H and O–H groups in total. The molecular weight excluding hydrogens is 284 g/mol. The van der Waals surface area contributed by atoms with Crippen LogP contribution in [-0.2, 0) is 4.79 Å². The van der Waals surface area contributed by atoms with Crippen LogP contribution in [-0.4, -0.2) is 33.6 Å². The van der Waals surface area contributed by atoms with E-state index in [0.29, 0.717) is 17.3 Å². The van der Waals surface area contributed by atoms with Gasteiger partial charge in [-0.25, -0.2) is 14.3 Å². The maximum absolute atomic E-state index is 12.1. The van der Waals surface area contributed by atoms with Gasteiger partial charge < -0.3 is 10.6 Å². The van der Waals surface area contributed by atoms with Gasteiger partial charge in [0.15, 0.2) is 17.3 Å². The Labute approximate surface area is 127 Å². The highest BCUT2D eigenvalue weighted by molar-refractivity contribution is 5.92. The summed E-state index contributed by atoms with van der Waals surface area (Å²) in [6.45, 7) is 0. The Morgan fingerprint density at radius 1 is 1.18 bits per heavy atom. The molecule has 0 spiro atoms. The summed E-state index contributed by atoms with van der Waals surface area (Å²) in [6.07, 6.45) is 5.70. The van der Waals surface area contributed by atoms with Crippen LogP contribution in [0.3, 0.4) is 0 Å². The Morgan fingerprint density at radius 2 is 1.95 bits per heavy atom. The van der Waals surface area contributed by atoms with Crippen molar-refractivity contribution in [2.75, 3.05) is 17.7 Å². The van der Waals surface area contributed by atoms with E-state index in [9.17, 15) is 9.59 Å². The Bertz CT molecular complexity index is 704. The normalized spacial score (nSPS) is 15.0. The summed E-state index contributed by atoms with van der Waals surface area (Å²) in [6, 6.07) is 3.10. The number of rotatable bonds is 3. The fourth-order valence-corrected chi connectivity index (χ4v) is 2.60. The number of imidazole rings is 1. The molecule has 3 amide bonds. The Morgan fingerprint density at radius 3 is 2.68 bits per heavy atom. The van der Waals surface area contributed by atoms with Crippen LogP contribution in [0.1, 0.15) is 25.7 Å². The number of amides is 3. The van der Waals surface area contributed by atoms with E-state index in [1.165, 1.54) is 11.6 Å². The third-order valence-corrected chi connectivity index (χ3v) is 3.77. The molecule has 0 bridgehead atoms. The first kappa shape index (κ1) is 14.3. The van der Waals surface area contributed by atoms with Gasteiger partial charge in [-0.3, -0.25) is 10.1 Å². The number of carbonyl (C=O) groups excluding carboxylic acids is 2. The summed E-state index contributed by atoms with van der Waals surface area (Å²) < 4.78 is 1.52. The van der Waals surface area contributed by atoms with Crippen LogP contribution in [0.5, 0.6) is 0 Å².